The summed E-state index contributed by atoms with van der Waals surface area (Å²) in [6.45, 7) is 5.12. The average Bonchev–Trinajstić information content (AvgIpc) is 3.16. The zero-order valence-electron chi connectivity index (χ0n) is 18.3. The van der Waals surface area contributed by atoms with Crippen molar-refractivity contribution in [2.45, 2.75) is 33.1 Å². The smallest absolute Gasteiger partial charge is 0.338 e. The first-order valence-corrected chi connectivity index (χ1v) is 10.4. The molecule has 0 saturated heterocycles. The molecule has 4 rings (SSSR count). The second kappa shape index (κ2) is 8.87. The molecule has 1 aliphatic heterocycles. The number of nitriles is 1. The number of pyridine rings is 2. The molecule has 1 aromatic carbocycles. The maximum atomic E-state index is 11.7. The molecule has 2 aromatic heterocycles. The molecular formula is C25H24N4O3. The summed E-state index contributed by atoms with van der Waals surface area (Å²) in [5.41, 5.74) is 7.08. The van der Waals surface area contributed by atoms with Crippen LogP contribution in [0.15, 0.2) is 42.7 Å². The van der Waals surface area contributed by atoms with Crippen LogP contribution in [0.25, 0.3) is 11.4 Å². The number of esters is 1. The Morgan fingerprint density at radius 2 is 1.97 bits per heavy atom. The van der Waals surface area contributed by atoms with E-state index in [1.165, 1.54) is 0 Å². The van der Waals surface area contributed by atoms with Crippen LogP contribution in [0.2, 0.25) is 0 Å². The number of cyclic esters (lactones) is 1. The van der Waals surface area contributed by atoms with E-state index < -0.39 is 6.10 Å². The number of aryl methyl sites for hydroxylation is 1. The minimum atomic E-state index is -0.681. The Hall–Kier alpha value is -3.60. The van der Waals surface area contributed by atoms with Crippen LogP contribution in [-0.4, -0.2) is 39.5 Å². The van der Waals surface area contributed by atoms with Gasteiger partial charge in [-0.2, -0.15) is 5.26 Å². The van der Waals surface area contributed by atoms with E-state index in [1.807, 2.05) is 50.1 Å². The number of hydrogen-bond donors (Lipinski definition) is 1. The van der Waals surface area contributed by atoms with Crippen LogP contribution in [0.1, 0.15) is 49.8 Å². The van der Waals surface area contributed by atoms with Crippen LogP contribution >= 0.6 is 0 Å². The van der Waals surface area contributed by atoms with Crippen LogP contribution in [0.3, 0.4) is 0 Å². The molecule has 7 heteroatoms. The van der Waals surface area contributed by atoms with E-state index in [4.69, 9.17) is 10.00 Å². The minimum absolute atomic E-state index is 0.266. The van der Waals surface area contributed by atoms with Crippen molar-refractivity contribution in [2.24, 2.45) is 0 Å². The zero-order chi connectivity index (χ0) is 22.8. The van der Waals surface area contributed by atoms with Gasteiger partial charge in [-0.1, -0.05) is 12.1 Å². The van der Waals surface area contributed by atoms with Crippen molar-refractivity contribution in [3.63, 3.8) is 0 Å². The highest BCUT2D eigenvalue weighted by molar-refractivity contribution is 5.93. The summed E-state index contributed by atoms with van der Waals surface area (Å²) in [4.78, 5) is 22.6. The second-order valence-corrected chi connectivity index (χ2v) is 8.14. The van der Waals surface area contributed by atoms with Crippen molar-refractivity contribution >= 4 is 5.97 Å². The molecule has 0 radical (unpaired) electrons. The van der Waals surface area contributed by atoms with Gasteiger partial charge in [-0.15, -0.1) is 0 Å². The number of aliphatic hydroxyl groups is 1. The SMILES string of the molecule is Cc1cc(-c2ccc(CN(C)CC(O)c3ccc4c(c3C)COC4=O)cn2)ncc1C#N. The standard InChI is InChI=1S/C25H24N4O3/c1-15-8-23(28-11-18(15)9-26)22-7-4-17(10-27-22)12-29(3)13-24(30)19-5-6-20-21(16(19)2)14-32-25(20)31/h4-8,10-11,24,30H,12-14H2,1-3H3. The van der Waals surface area contributed by atoms with Crippen molar-refractivity contribution in [1.82, 2.24) is 14.9 Å². The van der Waals surface area contributed by atoms with Crippen molar-refractivity contribution in [1.29, 1.82) is 5.26 Å². The number of carbonyl (C=O) groups excluding carboxylic acids is 1. The second-order valence-electron chi connectivity index (χ2n) is 8.14. The third-order valence-electron chi connectivity index (χ3n) is 5.82. The topological polar surface area (TPSA) is 99.3 Å². The minimum Gasteiger partial charge on any atom is -0.457 e. The summed E-state index contributed by atoms with van der Waals surface area (Å²) in [6.07, 6.45) is 2.69. The Kier molecular flexibility index (Phi) is 5.99. The van der Waals surface area contributed by atoms with E-state index in [2.05, 4.69) is 16.0 Å². The van der Waals surface area contributed by atoms with Crippen LogP contribution in [0.4, 0.5) is 0 Å². The largest absolute Gasteiger partial charge is 0.457 e. The highest BCUT2D eigenvalue weighted by Crippen LogP contribution is 2.29. The summed E-state index contributed by atoms with van der Waals surface area (Å²) in [5, 5.41) is 19.8. The number of aliphatic hydroxyl groups excluding tert-OH is 1. The molecule has 3 aromatic rings. The number of benzene rings is 1. The molecule has 0 bridgehead atoms. The molecule has 1 N–H and O–H groups in total. The number of ether oxygens (including phenoxy) is 1. The number of nitrogens with zero attached hydrogens (tertiary/aromatic N) is 4. The normalized spacial score (nSPS) is 13.6. The van der Waals surface area contributed by atoms with Gasteiger partial charge in [0.15, 0.2) is 0 Å². The Labute approximate surface area is 186 Å². The van der Waals surface area contributed by atoms with E-state index in [9.17, 15) is 9.90 Å². The number of aromatic nitrogens is 2. The zero-order valence-corrected chi connectivity index (χ0v) is 18.3. The molecule has 7 nitrogen and oxygen atoms in total. The number of rotatable bonds is 6. The quantitative estimate of drug-likeness (QED) is 0.600. The molecule has 1 atom stereocenters. The van der Waals surface area contributed by atoms with E-state index >= 15 is 0 Å². The number of carbonyl (C=O) groups is 1. The Morgan fingerprint density at radius 1 is 1.19 bits per heavy atom. The Bertz CT molecular complexity index is 1220. The Balaban J connectivity index is 1.41. The maximum absolute atomic E-state index is 11.7. The van der Waals surface area contributed by atoms with Gasteiger partial charge >= 0.3 is 5.97 Å². The number of fused-ring (bicyclic) bond motifs is 1. The summed E-state index contributed by atoms with van der Waals surface area (Å²) in [6, 6.07) is 11.4. The van der Waals surface area contributed by atoms with Crippen LogP contribution in [-0.2, 0) is 17.9 Å². The van der Waals surface area contributed by atoms with Crippen molar-refractivity contribution in [3.05, 3.63) is 81.7 Å². The fraction of sp³-hybridized carbons (Fsp3) is 0.280. The van der Waals surface area contributed by atoms with Gasteiger partial charge in [0.1, 0.15) is 12.7 Å². The number of hydrogen-bond acceptors (Lipinski definition) is 7. The van der Waals surface area contributed by atoms with E-state index in [0.717, 1.165) is 39.2 Å². The molecule has 32 heavy (non-hydrogen) atoms. The highest BCUT2D eigenvalue weighted by atomic mass is 16.5. The molecule has 0 fully saturated rings. The summed E-state index contributed by atoms with van der Waals surface area (Å²) in [5.74, 6) is -0.302. The molecule has 162 valence electrons. The third-order valence-corrected chi connectivity index (χ3v) is 5.82. The van der Waals surface area contributed by atoms with E-state index in [-0.39, 0.29) is 12.6 Å². The van der Waals surface area contributed by atoms with Gasteiger partial charge in [0, 0.05) is 31.0 Å². The first kappa shape index (κ1) is 21.6. The first-order valence-electron chi connectivity index (χ1n) is 10.4. The lowest BCUT2D eigenvalue weighted by atomic mass is 9.95. The summed E-state index contributed by atoms with van der Waals surface area (Å²) >= 11 is 0. The first-order chi connectivity index (χ1) is 15.4. The van der Waals surface area contributed by atoms with Crippen LogP contribution in [0.5, 0.6) is 0 Å². The van der Waals surface area contributed by atoms with Crippen molar-refractivity contribution in [2.75, 3.05) is 13.6 Å². The molecule has 0 spiro atoms. The van der Waals surface area contributed by atoms with Gasteiger partial charge < -0.3 is 9.84 Å². The van der Waals surface area contributed by atoms with Gasteiger partial charge in [-0.05, 0) is 61.3 Å². The molecule has 1 aliphatic rings. The van der Waals surface area contributed by atoms with Gasteiger partial charge in [0.05, 0.1) is 28.6 Å². The van der Waals surface area contributed by atoms with Gasteiger partial charge in [-0.25, -0.2) is 4.79 Å². The fourth-order valence-electron chi connectivity index (χ4n) is 3.98. The van der Waals surface area contributed by atoms with Crippen LogP contribution in [0, 0.1) is 25.2 Å². The Morgan fingerprint density at radius 3 is 2.66 bits per heavy atom. The molecule has 0 amide bonds. The molecule has 0 aliphatic carbocycles. The molecule has 3 heterocycles. The average molecular weight is 428 g/mol. The van der Waals surface area contributed by atoms with Gasteiger partial charge in [0.2, 0.25) is 0 Å². The van der Waals surface area contributed by atoms with E-state index in [1.54, 1.807) is 18.5 Å². The third kappa shape index (κ3) is 4.24. The number of likely N-dealkylation sites (N-methyl/N-ethyl adjacent to an activating group) is 1. The molecule has 0 saturated carbocycles. The summed E-state index contributed by atoms with van der Waals surface area (Å²) in [7, 11) is 1.94. The lowest BCUT2D eigenvalue weighted by molar-refractivity contribution is 0.0535. The predicted molar refractivity (Wildman–Crippen MR) is 119 cm³/mol. The fourth-order valence-corrected chi connectivity index (χ4v) is 3.98. The monoisotopic (exact) mass is 428 g/mol. The lowest BCUT2D eigenvalue weighted by Gasteiger charge is -2.22. The van der Waals surface area contributed by atoms with Gasteiger partial charge in [-0.3, -0.25) is 14.9 Å². The lowest BCUT2D eigenvalue weighted by Crippen LogP contribution is -2.25. The van der Waals surface area contributed by atoms with E-state index in [0.29, 0.717) is 24.2 Å². The van der Waals surface area contributed by atoms with Crippen LogP contribution < -0.4 is 0 Å². The maximum Gasteiger partial charge on any atom is 0.338 e. The predicted octanol–water partition coefficient (Wildman–Crippen LogP) is 3.47. The highest BCUT2D eigenvalue weighted by Gasteiger charge is 2.26. The summed E-state index contributed by atoms with van der Waals surface area (Å²) < 4.78 is 5.10. The molecular weight excluding hydrogens is 404 g/mol. The van der Waals surface area contributed by atoms with Crippen molar-refractivity contribution < 1.29 is 14.6 Å². The van der Waals surface area contributed by atoms with Gasteiger partial charge in [0.25, 0.3) is 0 Å². The van der Waals surface area contributed by atoms with Crippen molar-refractivity contribution in [3.8, 4) is 17.5 Å². The molecule has 1 unspecified atom stereocenters.